The standard InChI is InChI=1S/C24H29FN2O3/c1-23(2,3)16-11-17(24(4,5)6)20(28)12-19(16)27-22(30)15(13-26)21(29)14-9-7-8-10-18(14)25/h7-13,28H,26H2,1-6H3,(H,27,30)/b15-13-. The molecule has 0 saturated carbocycles. The van der Waals surface area contributed by atoms with Gasteiger partial charge >= 0.3 is 0 Å². The second kappa shape index (κ2) is 8.30. The first-order chi connectivity index (χ1) is 13.8. The Hall–Kier alpha value is -3.15. The summed E-state index contributed by atoms with van der Waals surface area (Å²) in [5.41, 5.74) is 6.11. The average molecular weight is 413 g/mol. The van der Waals surface area contributed by atoms with Crippen molar-refractivity contribution in [1.82, 2.24) is 0 Å². The van der Waals surface area contributed by atoms with Gasteiger partial charge in [-0.3, -0.25) is 9.59 Å². The molecule has 30 heavy (non-hydrogen) atoms. The largest absolute Gasteiger partial charge is 0.508 e. The molecule has 0 atom stereocenters. The lowest BCUT2D eigenvalue weighted by atomic mass is 9.79. The van der Waals surface area contributed by atoms with Crippen LogP contribution in [-0.4, -0.2) is 16.8 Å². The number of phenols is 1. The molecular formula is C24H29FN2O3. The summed E-state index contributed by atoms with van der Waals surface area (Å²) in [5, 5.41) is 13.2. The first kappa shape index (κ1) is 23.1. The van der Waals surface area contributed by atoms with Gasteiger partial charge in [-0.2, -0.15) is 0 Å². The van der Waals surface area contributed by atoms with Gasteiger partial charge in [-0.15, -0.1) is 0 Å². The fourth-order valence-electron chi connectivity index (χ4n) is 3.15. The monoisotopic (exact) mass is 412 g/mol. The molecule has 1 amide bonds. The van der Waals surface area contributed by atoms with Gasteiger partial charge in [0.15, 0.2) is 0 Å². The number of anilines is 1. The van der Waals surface area contributed by atoms with Crippen molar-refractivity contribution in [2.75, 3.05) is 5.32 Å². The van der Waals surface area contributed by atoms with E-state index in [0.717, 1.165) is 23.4 Å². The van der Waals surface area contributed by atoms with E-state index in [0.29, 0.717) is 5.69 Å². The van der Waals surface area contributed by atoms with Gasteiger partial charge in [0.2, 0.25) is 5.78 Å². The van der Waals surface area contributed by atoms with Crippen LogP contribution in [0, 0.1) is 5.82 Å². The maximum absolute atomic E-state index is 14.0. The molecule has 5 nitrogen and oxygen atoms in total. The predicted molar refractivity (Wildman–Crippen MR) is 117 cm³/mol. The van der Waals surface area contributed by atoms with Gasteiger partial charge in [0.1, 0.15) is 17.1 Å². The van der Waals surface area contributed by atoms with Crippen LogP contribution in [0.1, 0.15) is 63.0 Å². The highest BCUT2D eigenvalue weighted by Gasteiger charge is 2.28. The van der Waals surface area contributed by atoms with Gasteiger partial charge < -0.3 is 16.2 Å². The summed E-state index contributed by atoms with van der Waals surface area (Å²) in [7, 11) is 0. The van der Waals surface area contributed by atoms with E-state index in [-0.39, 0.29) is 27.7 Å². The maximum atomic E-state index is 14.0. The summed E-state index contributed by atoms with van der Waals surface area (Å²) in [4.78, 5) is 25.5. The molecule has 0 bridgehead atoms. The number of hydrogen-bond donors (Lipinski definition) is 3. The fraction of sp³-hybridized carbons (Fsp3) is 0.333. The molecule has 2 aromatic rings. The number of amides is 1. The number of phenolic OH excluding ortho intramolecular Hbond substituents is 1. The van der Waals surface area contributed by atoms with Crippen molar-refractivity contribution in [1.29, 1.82) is 0 Å². The van der Waals surface area contributed by atoms with Crippen molar-refractivity contribution in [3.8, 4) is 5.75 Å². The third kappa shape index (κ3) is 4.87. The highest BCUT2D eigenvalue weighted by atomic mass is 19.1. The van der Waals surface area contributed by atoms with Crippen molar-refractivity contribution >= 4 is 17.4 Å². The van der Waals surface area contributed by atoms with Crippen LogP contribution in [0.5, 0.6) is 5.75 Å². The number of Topliss-reactive ketones (excluding diaryl/α,β-unsaturated/α-hetero) is 1. The van der Waals surface area contributed by atoms with Crippen LogP contribution in [0.4, 0.5) is 10.1 Å². The van der Waals surface area contributed by atoms with Gasteiger partial charge in [0.05, 0.1) is 5.56 Å². The molecule has 0 spiro atoms. The van der Waals surface area contributed by atoms with E-state index >= 15 is 0 Å². The Morgan fingerprint density at radius 2 is 1.57 bits per heavy atom. The molecule has 0 aliphatic heterocycles. The topological polar surface area (TPSA) is 92.4 Å². The zero-order valence-corrected chi connectivity index (χ0v) is 18.3. The molecule has 0 saturated heterocycles. The van der Waals surface area contributed by atoms with Crippen LogP contribution in [0.15, 0.2) is 48.2 Å². The summed E-state index contributed by atoms with van der Waals surface area (Å²) < 4.78 is 14.0. The number of rotatable bonds is 4. The molecular weight excluding hydrogens is 383 g/mol. The third-order valence-electron chi connectivity index (χ3n) is 4.77. The van der Waals surface area contributed by atoms with Crippen molar-refractivity contribution in [2.45, 2.75) is 52.4 Å². The number of carbonyl (C=O) groups excluding carboxylic acids is 2. The molecule has 4 N–H and O–H groups in total. The number of ketones is 1. The summed E-state index contributed by atoms with van der Waals surface area (Å²) in [6.45, 7) is 11.9. The summed E-state index contributed by atoms with van der Waals surface area (Å²) >= 11 is 0. The lowest BCUT2D eigenvalue weighted by Crippen LogP contribution is -2.25. The Bertz CT molecular complexity index is 1010. The Kier molecular flexibility index (Phi) is 6.40. The molecule has 0 aromatic heterocycles. The second-order valence-electron chi connectivity index (χ2n) is 9.26. The number of halogens is 1. The molecule has 2 aromatic carbocycles. The number of aromatic hydroxyl groups is 1. The van der Waals surface area contributed by atoms with Gasteiger partial charge in [-0.25, -0.2) is 4.39 Å². The Labute approximate surface area is 176 Å². The van der Waals surface area contributed by atoms with Gasteiger partial charge in [-0.1, -0.05) is 53.7 Å². The van der Waals surface area contributed by atoms with E-state index in [2.05, 4.69) is 5.32 Å². The normalized spacial score (nSPS) is 12.6. The van der Waals surface area contributed by atoms with Crippen molar-refractivity contribution in [2.24, 2.45) is 5.73 Å². The number of nitrogens with one attached hydrogen (secondary N) is 1. The average Bonchev–Trinajstić information content (AvgIpc) is 2.60. The van der Waals surface area contributed by atoms with Crippen LogP contribution in [0.2, 0.25) is 0 Å². The highest BCUT2D eigenvalue weighted by Crippen LogP contribution is 2.39. The Morgan fingerprint density at radius 1 is 1.00 bits per heavy atom. The Balaban J connectivity index is 2.48. The van der Waals surface area contributed by atoms with E-state index < -0.39 is 17.5 Å². The minimum Gasteiger partial charge on any atom is -0.508 e. The summed E-state index contributed by atoms with van der Waals surface area (Å²) in [5.74, 6) is -2.30. The lowest BCUT2D eigenvalue weighted by molar-refractivity contribution is -0.112. The summed E-state index contributed by atoms with van der Waals surface area (Å²) in [6, 6.07) is 8.71. The Morgan fingerprint density at radius 3 is 2.07 bits per heavy atom. The van der Waals surface area contributed by atoms with Crippen LogP contribution in [0.3, 0.4) is 0 Å². The second-order valence-corrected chi connectivity index (χ2v) is 9.26. The predicted octanol–water partition coefficient (Wildman–Crippen LogP) is 4.79. The van der Waals surface area contributed by atoms with Gasteiger partial charge in [0, 0.05) is 18.0 Å². The molecule has 0 heterocycles. The van der Waals surface area contributed by atoms with E-state index in [1.54, 1.807) is 0 Å². The quantitative estimate of drug-likeness (QED) is 0.291. The van der Waals surface area contributed by atoms with Gasteiger partial charge in [0.25, 0.3) is 5.91 Å². The van der Waals surface area contributed by atoms with E-state index in [4.69, 9.17) is 5.73 Å². The zero-order valence-electron chi connectivity index (χ0n) is 18.3. The maximum Gasteiger partial charge on any atom is 0.261 e. The summed E-state index contributed by atoms with van der Waals surface area (Å²) in [6.07, 6.45) is 0.865. The molecule has 0 radical (unpaired) electrons. The van der Waals surface area contributed by atoms with E-state index in [1.807, 2.05) is 47.6 Å². The molecule has 0 fully saturated rings. The van der Waals surface area contributed by atoms with Crippen LogP contribution in [-0.2, 0) is 15.6 Å². The highest BCUT2D eigenvalue weighted by molar-refractivity contribution is 6.28. The van der Waals surface area contributed by atoms with Crippen molar-refractivity contribution in [3.63, 3.8) is 0 Å². The van der Waals surface area contributed by atoms with Crippen LogP contribution in [0.25, 0.3) is 0 Å². The first-order valence-electron chi connectivity index (χ1n) is 9.67. The number of benzene rings is 2. The SMILES string of the molecule is CC(C)(C)c1cc(C(C)(C)C)c(NC(=O)/C(=C\N)C(=O)c2ccccc2F)cc1O. The molecule has 0 aliphatic rings. The smallest absolute Gasteiger partial charge is 0.261 e. The third-order valence-corrected chi connectivity index (χ3v) is 4.77. The molecule has 2 rings (SSSR count). The lowest BCUT2D eigenvalue weighted by Gasteiger charge is -2.28. The molecule has 0 unspecified atom stereocenters. The van der Waals surface area contributed by atoms with Gasteiger partial charge in [-0.05, 0) is 40.2 Å². The van der Waals surface area contributed by atoms with Crippen LogP contribution < -0.4 is 11.1 Å². The molecule has 0 aliphatic carbocycles. The molecule has 6 heteroatoms. The number of hydrogen-bond acceptors (Lipinski definition) is 4. The minimum absolute atomic E-state index is 0.0320. The van der Waals surface area contributed by atoms with Crippen molar-refractivity contribution < 1.29 is 19.1 Å². The molecule has 160 valence electrons. The number of nitrogens with two attached hydrogens (primary N) is 1. The van der Waals surface area contributed by atoms with Crippen molar-refractivity contribution in [3.05, 3.63) is 70.7 Å². The number of carbonyl (C=O) groups is 2. The fourth-order valence-corrected chi connectivity index (χ4v) is 3.15. The van der Waals surface area contributed by atoms with E-state index in [9.17, 15) is 19.1 Å². The minimum atomic E-state index is -0.819. The van der Waals surface area contributed by atoms with Crippen LogP contribution >= 0.6 is 0 Å². The van der Waals surface area contributed by atoms with E-state index in [1.165, 1.54) is 24.3 Å². The first-order valence-corrected chi connectivity index (χ1v) is 9.67. The zero-order chi connectivity index (χ0) is 22.9.